The van der Waals surface area contributed by atoms with E-state index in [1.165, 1.54) is 12.4 Å². The molecule has 0 bridgehead atoms. The van der Waals surface area contributed by atoms with Crippen LogP contribution in [0.5, 0.6) is 0 Å². The van der Waals surface area contributed by atoms with Gasteiger partial charge in [-0.25, -0.2) is 19.3 Å². The summed E-state index contributed by atoms with van der Waals surface area (Å²) >= 11 is 0. The second-order valence-electron chi connectivity index (χ2n) is 2.30. The summed E-state index contributed by atoms with van der Waals surface area (Å²) in [6.45, 7) is 0. The Morgan fingerprint density at radius 1 is 1.62 bits per heavy atom. The number of carbonyl (C=O) groups is 1. The average molecular weight is 180 g/mol. The topological polar surface area (TPSA) is 100 Å². The lowest BCUT2D eigenvalue weighted by molar-refractivity contribution is 0.0687. The molecule has 66 valence electrons. The highest BCUT2D eigenvalue weighted by Crippen LogP contribution is 1.90. The molecule has 0 fully saturated rings. The normalized spacial score (nSPS) is 10.5. The monoisotopic (exact) mass is 180 g/mol. The summed E-state index contributed by atoms with van der Waals surface area (Å²) in [5, 5.41) is 14.2. The predicted octanol–water partition coefficient (Wildman–Crippen LogP) is -0.884. The van der Waals surface area contributed by atoms with Gasteiger partial charge in [0, 0.05) is 12.4 Å². The molecule has 0 aromatic carbocycles. The number of H-pyrrole nitrogens is 1. The lowest BCUT2D eigenvalue weighted by Crippen LogP contribution is -2.24. The summed E-state index contributed by atoms with van der Waals surface area (Å²) in [4.78, 5) is 25.5. The summed E-state index contributed by atoms with van der Waals surface area (Å²) < 4.78 is 1.08. The second kappa shape index (κ2) is 2.41. The fourth-order valence-corrected chi connectivity index (χ4v) is 0.957. The Kier molecular flexibility index (Phi) is 1.38. The van der Waals surface area contributed by atoms with E-state index in [1.54, 1.807) is 0 Å². The van der Waals surface area contributed by atoms with Gasteiger partial charge in [-0.1, -0.05) is 0 Å². The van der Waals surface area contributed by atoms with Crippen LogP contribution in [0.25, 0.3) is 5.78 Å². The van der Waals surface area contributed by atoms with Crippen molar-refractivity contribution in [2.45, 2.75) is 0 Å². The molecule has 0 aliphatic heterocycles. The van der Waals surface area contributed by atoms with Crippen molar-refractivity contribution in [2.75, 3.05) is 0 Å². The van der Waals surface area contributed by atoms with Crippen LogP contribution >= 0.6 is 0 Å². The number of aromatic amines is 1. The first-order chi connectivity index (χ1) is 6.20. The van der Waals surface area contributed by atoms with Crippen LogP contribution in [-0.4, -0.2) is 30.7 Å². The zero-order valence-corrected chi connectivity index (χ0v) is 6.26. The maximum Gasteiger partial charge on any atom is 0.362 e. The molecule has 13 heavy (non-hydrogen) atoms. The number of aromatic nitrogens is 4. The molecule has 0 unspecified atom stereocenters. The van der Waals surface area contributed by atoms with Crippen molar-refractivity contribution in [1.29, 1.82) is 0 Å². The van der Waals surface area contributed by atoms with Crippen LogP contribution in [0.15, 0.2) is 17.2 Å². The SMILES string of the molecule is O=C(O)c1n[nH]c2nccn2c1=O. The molecule has 0 aliphatic carbocycles. The van der Waals surface area contributed by atoms with E-state index in [0.717, 1.165) is 4.40 Å². The summed E-state index contributed by atoms with van der Waals surface area (Å²) in [5.41, 5.74) is -1.25. The summed E-state index contributed by atoms with van der Waals surface area (Å²) in [7, 11) is 0. The van der Waals surface area contributed by atoms with E-state index in [4.69, 9.17) is 5.11 Å². The Bertz CT molecular complexity index is 526. The second-order valence-corrected chi connectivity index (χ2v) is 2.30. The van der Waals surface area contributed by atoms with Crippen molar-refractivity contribution < 1.29 is 9.90 Å². The van der Waals surface area contributed by atoms with Gasteiger partial charge in [0.15, 0.2) is 0 Å². The van der Waals surface area contributed by atoms with E-state index >= 15 is 0 Å². The number of imidazole rings is 1. The largest absolute Gasteiger partial charge is 0.476 e. The van der Waals surface area contributed by atoms with E-state index in [2.05, 4.69) is 15.2 Å². The fourth-order valence-electron chi connectivity index (χ4n) is 0.957. The Morgan fingerprint density at radius 3 is 3.08 bits per heavy atom. The Labute approximate surface area is 70.7 Å². The van der Waals surface area contributed by atoms with Crippen molar-refractivity contribution in [2.24, 2.45) is 0 Å². The molecule has 7 nitrogen and oxygen atoms in total. The molecule has 2 aromatic rings. The maximum absolute atomic E-state index is 11.3. The summed E-state index contributed by atoms with van der Waals surface area (Å²) in [6.07, 6.45) is 2.74. The number of aromatic carboxylic acids is 1. The number of nitrogens with zero attached hydrogens (tertiary/aromatic N) is 3. The van der Waals surface area contributed by atoms with Crippen LogP contribution < -0.4 is 5.56 Å². The molecule has 0 aliphatic rings. The molecule has 2 heterocycles. The van der Waals surface area contributed by atoms with Crippen LogP contribution in [-0.2, 0) is 0 Å². The Morgan fingerprint density at radius 2 is 2.38 bits per heavy atom. The fraction of sp³-hybridized carbons (Fsp3) is 0. The quantitative estimate of drug-likeness (QED) is 0.593. The van der Waals surface area contributed by atoms with Gasteiger partial charge in [-0.2, -0.15) is 5.10 Å². The van der Waals surface area contributed by atoms with Gasteiger partial charge in [0.05, 0.1) is 0 Å². The molecule has 0 saturated heterocycles. The molecule has 0 spiro atoms. The van der Waals surface area contributed by atoms with Crippen LogP contribution in [0, 0.1) is 0 Å². The van der Waals surface area contributed by atoms with E-state index in [-0.39, 0.29) is 5.78 Å². The van der Waals surface area contributed by atoms with Gasteiger partial charge in [-0.05, 0) is 0 Å². The number of nitrogens with one attached hydrogen (secondary N) is 1. The molecule has 2 aromatic heterocycles. The number of carboxylic acids is 1. The highest BCUT2D eigenvalue weighted by molar-refractivity contribution is 5.84. The van der Waals surface area contributed by atoms with Crippen LogP contribution in [0.2, 0.25) is 0 Å². The number of fused-ring (bicyclic) bond motifs is 1. The van der Waals surface area contributed by atoms with Gasteiger partial charge in [0.25, 0.3) is 5.56 Å². The van der Waals surface area contributed by atoms with Crippen molar-refractivity contribution in [3.8, 4) is 0 Å². The lowest BCUT2D eigenvalue weighted by Gasteiger charge is -1.93. The van der Waals surface area contributed by atoms with E-state index in [1.807, 2.05) is 0 Å². The van der Waals surface area contributed by atoms with E-state index in [9.17, 15) is 9.59 Å². The van der Waals surface area contributed by atoms with Gasteiger partial charge in [-0.15, -0.1) is 0 Å². The van der Waals surface area contributed by atoms with Crippen LogP contribution in [0.4, 0.5) is 0 Å². The first-order valence-corrected chi connectivity index (χ1v) is 3.35. The number of hydrogen-bond acceptors (Lipinski definition) is 4. The van der Waals surface area contributed by atoms with Crippen LogP contribution in [0.3, 0.4) is 0 Å². The van der Waals surface area contributed by atoms with Crippen molar-refractivity contribution >= 4 is 11.7 Å². The van der Waals surface area contributed by atoms with Gasteiger partial charge < -0.3 is 5.11 Å². The first-order valence-electron chi connectivity index (χ1n) is 3.35. The summed E-state index contributed by atoms with van der Waals surface area (Å²) in [6, 6.07) is 0. The number of carboxylic acid groups (broad SMARTS) is 1. The average Bonchev–Trinajstić information content (AvgIpc) is 2.52. The maximum atomic E-state index is 11.3. The highest BCUT2D eigenvalue weighted by Gasteiger charge is 2.12. The third-order valence-electron chi connectivity index (χ3n) is 1.53. The molecular formula is C6H4N4O3. The van der Waals surface area contributed by atoms with Crippen molar-refractivity contribution in [1.82, 2.24) is 19.6 Å². The number of hydrogen-bond donors (Lipinski definition) is 2. The molecule has 2 rings (SSSR count). The molecular weight excluding hydrogens is 176 g/mol. The zero-order valence-electron chi connectivity index (χ0n) is 6.26. The number of rotatable bonds is 1. The van der Waals surface area contributed by atoms with Gasteiger partial charge >= 0.3 is 5.97 Å². The molecule has 0 saturated carbocycles. The van der Waals surface area contributed by atoms with Crippen molar-refractivity contribution in [3.05, 3.63) is 28.4 Å². The van der Waals surface area contributed by atoms with Gasteiger partial charge in [-0.3, -0.25) is 4.79 Å². The minimum absolute atomic E-state index is 0.218. The van der Waals surface area contributed by atoms with Crippen molar-refractivity contribution in [3.63, 3.8) is 0 Å². The van der Waals surface area contributed by atoms with Crippen LogP contribution in [0.1, 0.15) is 10.5 Å². The Balaban J connectivity index is 2.89. The molecule has 0 amide bonds. The third kappa shape index (κ3) is 0.975. The Hall–Kier alpha value is -2.18. The third-order valence-corrected chi connectivity index (χ3v) is 1.53. The standard InChI is InChI=1S/C6H4N4O3/c11-4-3(5(12)13)8-9-6-7-1-2-10(4)6/h1-2H,(H,7,9)(H,12,13). The minimum Gasteiger partial charge on any atom is -0.476 e. The molecule has 0 atom stereocenters. The van der Waals surface area contributed by atoms with E-state index in [0.29, 0.717) is 0 Å². The van der Waals surface area contributed by atoms with Gasteiger partial charge in [0.2, 0.25) is 11.5 Å². The smallest absolute Gasteiger partial charge is 0.362 e. The molecule has 7 heteroatoms. The first kappa shape index (κ1) is 7.47. The van der Waals surface area contributed by atoms with Gasteiger partial charge in [0.1, 0.15) is 0 Å². The molecule has 0 radical (unpaired) electrons. The zero-order chi connectivity index (χ0) is 9.42. The minimum atomic E-state index is -1.36. The molecule has 2 N–H and O–H groups in total. The van der Waals surface area contributed by atoms with E-state index < -0.39 is 17.2 Å². The highest BCUT2D eigenvalue weighted by atomic mass is 16.4. The predicted molar refractivity (Wildman–Crippen MR) is 40.6 cm³/mol. The summed E-state index contributed by atoms with van der Waals surface area (Å²) in [5.74, 6) is -1.15. The lowest BCUT2D eigenvalue weighted by atomic mass is 10.5.